The van der Waals surface area contributed by atoms with Crippen molar-refractivity contribution >= 4 is 0 Å². The van der Waals surface area contributed by atoms with Gasteiger partial charge >= 0.3 is 12.4 Å². The molecule has 8 aromatic carbocycles. The minimum Gasteiger partial charge on any atom is -0.496 e. The molecule has 9 rings (SSSR count). The van der Waals surface area contributed by atoms with Gasteiger partial charge in [-0.15, -0.1) is 0 Å². The van der Waals surface area contributed by atoms with Crippen molar-refractivity contribution < 1.29 is 69.0 Å². The molecule has 0 aliphatic heterocycles. The summed E-state index contributed by atoms with van der Waals surface area (Å²) in [6.45, 7) is 51.1. The second kappa shape index (κ2) is 32.6. The van der Waals surface area contributed by atoms with Crippen LogP contribution in [0.2, 0.25) is 0 Å². The molecule has 0 radical (unpaired) electrons. The Morgan fingerprint density at radius 3 is 0.447 bits per heavy atom. The first-order valence-corrected chi connectivity index (χ1v) is 39.8. The third-order valence-corrected chi connectivity index (χ3v) is 22.5. The maximum atomic E-state index is 15.8. The fourth-order valence-corrected chi connectivity index (χ4v) is 15.9. The van der Waals surface area contributed by atoms with Gasteiger partial charge in [-0.05, 0) is 178 Å². The Morgan fingerprint density at radius 2 is 0.333 bits per heavy atom. The van der Waals surface area contributed by atoms with E-state index in [0.717, 1.165) is 101 Å². The van der Waals surface area contributed by atoms with Crippen molar-refractivity contribution in [2.24, 2.45) is 0 Å². The average Bonchev–Trinajstić information content (AvgIpc) is 0.770. The molecule has 0 heterocycles. The van der Waals surface area contributed by atoms with E-state index in [4.69, 9.17) is 42.6 Å². The normalized spacial score (nSPS) is 14.2. The fraction of sp³-hybridized carbons (Fsp3) is 0.515. The molecule has 1 aliphatic carbocycles. The van der Waals surface area contributed by atoms with Gasteiger partial charge in [-0.3, -0.25) is 0 Å². The van der Waals surface area contributed by atoms with E-state index in [1.807, 2.05) is 53.7 Å². The minimum absolute atomic E-state index is 0.0233. The predicted octanol–water partition coefficient (Wildman–Crippen LogP) is 25.2. The van der Waals surface area contributed by atoms with Crippen LogP contribution in [0.5, 0.6) is 46.0 Å². The smallest absolute Gasteiger partial charge is 0.423 e. The summed E-state index contributed by atoms with van der Waals surface area (Å²) in [5.74, 6) is 3.98. The molecular weight excluding hydrogens is 1450 g/mol. The number of hydrogen-bond donors (Lipinski definition) is 0. The average molecular weight is 1580 g/mol. The molecule has 9 nitrogen and oxygen atoms in total. The standard InChI is InChI=1S/C99H128F6O9/c1-90(2,3)70-40-56-33-57-41-71(91(4,5)6)43-59(81(57)107-26)35-61-45-73(93(10,11)12)47-63(83(61)109-28)37-65-49-75(95(16,17)18)51-67(85(65)111-30)39-69-53-77(97(22,23)24)55-79(87(69)113-32)88(114-89(98(100,101)102)99(103,104)105)78-54-76(96(19,20)21)52-68(86(78)112-31)38-66-50-74(94(13,14)15)48-64(84(66)110-29)36-62-46-72(92(7,8)9)44-60(82(62)108-27)34-58(42-70)80(56)106-25/h40-55,88-89H,33-39H2,1-32H3. The Labute approximate surface area is 677 Å². The Balaban J connectivity index is 1.49. The molecule has 0 aromatic heterocycles. The molecule has 0 amide bonds. The Kier molecular flexibility index (Phi) is 25.7. The summed E-state index contributed by atoms with van der Waals surface area (Å²) in [6, 6.07) is 33.7. The summed E-state index contributed by atoms with van der Waals surface area (Å²) in [4.78, 5) is 0. The first-order valence-electron chi connectivity index (χ1n) is 39.8. The molecule has 0 unspecified atom stereocenters. The number of hydrogen-bond acceptors (Lipinski definition) is 9. The monoisotopic (exact) mass is 1570 g/mol. The van der Waals surface area contributed by atoms with Gasteiger partial charge in [-0.2, -0.15) is 26.3 Å². The Bertz CT molecular complexity index is 4540. The maximum absolute atomic E-state index is 15.8. The van der Waals surface area contributed by atoms with Crippen LogP contribution >= 0.6 is 0 Å². The number of methoxy groups -OCH3 is 8. The molecule has 0 N–H and O–H groups in total. The van der Waals surface area contributed by atoms with Crippen molar-refractivity contribution in [1.29, 1.82) is 0 Å². The van der Waals surface area contributed by atoms with Gasteiger partial charge in [0.2, 0.25) is 6.10 Å². The van der Waals surface area contributed by atoms with E-state index in [0.29, 0.717) is 88.5 Å². The lowest BCUT2D eigenvalue weighted by molar-refractivity contribution is -0.329. The van der Waals surface area contributed by atoms with Crippen molar-refractivity contribution in [3.05, 3.63) is 231 Å². The molecular formula is C99H128F6O9. The van der Waals surface area contributed by atoms with Crippen molar-refractivity contribution in [3.63, 3.8) is 0 Å². The van der Waals surface area contributed by atoms with Gasteiger partial charge in [0.25, 0.3) is 0 Å². The van der Waals surface area contributed by atoms with Crippen molar-refractivity contribution in [2.75, 3.05) is 56.9 Å². The number of ether oxygens (including phenoxy) is 9. The van der Waals surface area contributed by atoms with Gasteiger partial charge < -0.3 is 42.6 Å². The third-order valence-electron chi connectivity index (χ3n) is 22.5. The molecule has 0 saturated carbocycles. The first-order chi connectivity index (χ1) is 52.4. The molecule has 8 aromatic rings. The molecule has 1 aliphatic rings. The van der Waals surface area contributed by atoms with Gasteiger partial charge in [0, 0.05) is 56.1 Å². The lowest BCUT2D eigenvalue weighted by Gasteiger charge is -2.33. The van der Waals surface area contributed by atoms with E-state index in [2.05, 4.69) is 197 Å². The van der Waals surface area contributed by atoms with E-state index < -0.39 is 46.2 Å². The van der Waals surface area contributed by atoms with Crippen LogP contribution in [0.3, 0.4) is 0 Å². The summed E-state index contributed by atoms with van der Waals surface area (Å²) >= 11 is 0. The Hall–Kier alpha value is -8.30. The zero-order valence-corrected chi connectivity index (χ0v) is 74.3. The summed E-state index contributed by atoms with van der Waals surface area (Å²) in [7, 11) is 12.9. The quantitative estimate of drug-likeness (QED) is 0.124. The van der Waals surface area contributed by atoms with Gasteiger partial charge in [-0.1, -0.05) is 251 Å². The van der Waals surface area contributed by atoms with Crippen LogP contribution in [0.15, 0.2) is 97.1 Å². The molecule has 0 atom stereocenters. The van der Waals surface area contributed by atoms with E-state index >= 15 is 26.3 Å². The lowest BCUT2D eigenvalue weighted by Crippen LogP contribution is -2.45. The first kappa shape index (κ1) is 89.6. The largest absolute Gasteiger partial charge is 0.496 e. The van der Waals surface area contributed by atoms with Crippen molar-refractivity contribution in [1.82, 2.24) is 0 Å². The molecule has 114 heavy (non-hydrogen) atoms. The second-order valence-electron chi connectivity index (χ2n) is 39.7. The zero-order chi connectivity index (χ0) is 85.3. The second-order valence-corrected chi connectivity index (χ2v) is 39.7. The Morgan fingerprint density at radius 1 is 0.211 bits per heavy atom. The highest BCUT2D eigenvalue weighted by Crippen LogP contribution is 2.52. The van der Waals surface area contributed by atoms with Gasteiger partial charge in [0.05, 0.1) is 56.9 Å². The van der Waals surface area contributed by atoms with Crippen molar-refractivity contribution in [3.8, 4) is 46.0 Å². The highest BCUT2D eigenvalue weighted by molar-refractivity contribution is 5.64. The van der Waals surface area contributed by atoms with E-state index in [-0.39, 0.29) is 57.1 Å². The number of halogens is 6. The summed E-state index contributed by atoms with van der Waals surface area (Å²) in [5.41, 5.74) is 15.1. The van der Waals surface area contributed by atoms with Crippen LogP contribution in [0.25, 0.3) is 0 Å². The summed E-state index contributed by atoms with van der Waals surface area (Å²) in [6.07, 6.45) is -16.3. The number of fused-ring (bicyclic) bond motifs is 16. The topological polar surface area (TPSA) is 83.1 Å². The van der Waals surface area contributed by atoms with Crippen LogP contribution in [-0.4, -0.2) is 75.3 Å². The molecule has 0 saturated heterocycles. The lowest BCUT2D eigenvalue weighted by atomic mass is 9.79. The van der Waals surface area contributed by atoms with E-state index in [1.54, 1.807) is 54.8 Å². The molecule has 0 fully saturated rings. The van der Waals surface area contributed by atoms with Gasteiger partial charge in [-0.25, -0.2) is 0 Å². The highest BCUT2D eigenvalue weighted by atomic mass is 19.4. The van der Waals surface area contributed by atoms with Crippen LogP contribution < -0.4 is 37.9 Å². The number of alkyl halides is 6. The molecule has 15 heteroatoms. The number of rotatable bonds is 10. The van der Waals surface area contributed by atoms with Crippen molar-refractivity contribution in [2.45, 2.75) is 279 Å². The summed E-state index contributed by atoms with van der Waals surface area (Å²) in [5, 5.41) is 0. The van der Waals surface area contributed by atoms with Crippen LogP contribution in [-0.2, 0) is 93.0 Å². The van der Waals surface area contributed by atoms with E-state index in [9.17, 15) is 0 Å². The molecule has 0 spiro atoms. The van der Waals surface area contributed by atoms with Crippen LogP contribution in [0, 0.1) is 0 Å². The maximum Gasteiger partial charge on any atom is 0.423 e. The fourth-order valence-electron chi connectivity index (χ4n) is 15.9. The third kappa shape index (κ3) is 19.7. The molecule has 620 valence electrons. The number of benzene rings is 8. The van der Waals surface area contributed by atoms with Gasteiger partial charge in [0.15, 0.2) is 0 Å². The van der Waals surface area contributed by atoms with Gasteiger partial charge in [0.1, 0.15) is 52.1 Å². The predicted molar refractivity (Wildman–Crippen MR) is 452 cm³/mol. The SMILES string of the molecule is COc1c2cc(C(C)(C)C)cc1Cc1cc(C(C)(C)C)cc(c1OC)Cc1cc(C(C)(C)C)cc(c1OC)Cc1cc(C(C)(C)C)cc(c1OC)C(OC(C(F)(F)F)C(F)(F)F)c1cc(C(C)(C)C)cc(c1OC)Cc1cc(C(C)(C)C)cc(c1OC)Cc1cc(C(C)(C)C)cc(c1OC)Cc1cc(C(C)(C)C)cc(c1OC)C2. The van der Waals surface area contributed by atoms with E-state index in [1.165, 1.54) is 14.2 Å². The molecule has 16 bridgehead atoms. The minimum atomic E-state index is -5.94. The highest BCUT2D eigenvalue weighted by Gasteiger charge is 2.59. The summed E-state index contributed by atoms with van der Waals surface area (Å²) < 4.78 is 154. The zero-order valence-electron chi connectivity index (χ0n) is 74.3. The van der Waals surface area contributed by atoms with Crippen LogP contribution in [0.1, 0.15) is 306 Å². The van der Waals surface area contributed by atoms with Crippen LogP contribution in [0.4, 0.5) is 26.3 Å².